The molecule has 2 aromatic carbocycles. The molecule has 0 spiro atoms. The van der Waals surface area contributed by atoms with Gasteiger partial charge >= 0.3 is 6.03 Å². The number of nitrogens with one attached hydrogen (secondary N) is 1. The number of barbiturate groups is 1. The van der Waals surface area contributed by atoms with Crippen molar-refractivity contribution in [2.24, 2.45) is 0 Å². The van der Waals surface area contributed by atoms with Crippen LogP contribution in [0.3, 0.4) is 0 Å². The molecule has 1 saturated heterocycles. The number of benzene rings is 2. The second-order valence-electron chi connectivity index (χ2n) is 6.65. The average molecular weight is 412 g/mol. The fourth-order valence-corrected chi connectivity index (χ4v) is 3.37. The first-order chi connectivity index (χ1) is 13.8. The summed E-state index contributed by atoms with van der Waals surface area (Å²) >= 11 is 5.88. The molecule has 150 valence electrons. The Labute approximate surface area is 174 Å². The first kappa shape index (κ1) is 20.6. The number of nitrogens with zero attached hydrogens (tertiary/aromatic N) is 2. The molecule has 0 aromatic heterocycles. The van der Waals surface area contributed by atoms with E-state index in [9.17, 15) is 14.4 Å². The summed E-state index contributed by atoms with van der Waals surface area (Å²) in [7, 11) is 0. The summed E-state index contributed by atoms with van der Waals surface area (Å²) in [4.78, 5) is 40.7. The number of halogens is 1. The van der Waals surface area contributed by atoms with Crippen molar-refractivity contribution in [2.45, 2.75) is 20.8 Å². The summed E-state index contributed by atoms with van der Waals surface area (Å²) in [6.45, 7) is 7.86. The number of imide groups is 2. The van der Waals surface area contributed by atoms with Crippen molar-refractivity contribution in [1.29, 1.82) is 0 Å². The number of carbonyl (C=O) groups is 3. The quantitative estimate of drug-likeness (QED) is 0.592. The minimum atomic E-state index is -0.784. The predicted octanol–water partition coefficient (Wildman–Crippen LogP) is 4.16. The second-order valence-corrected chi connectivity index (χ2v) is 7.08. The lowest BCUT2D eigenvalue weighted by Crippen LogP contribution is -2.54. The fourth-order valence-electron chi connectivity index (χ4n) is 3.24. The van der Waals surface area contributed by atoms with Gasteiger partial charge in [0.05, 0.1) is 5.69 Å². The molecule has 3 rings (SSSR count). The molecule has 0 radical (unpaired) electrons. The van der Waals surface area contributed by atoms with E-state index in [0.29, 0.717) is 10.7 Å². The molecular weight excluding hydrogens is 390 g/mol. The maximum atomic E-state index is 12.9. The van der Waals surface area contributed by atoms with Crippen LogP contribution in [0.1, 0.15) is 25.0 Å². The molecule has 0 aliphatic carbocycles. The number of carbonyl (C=O) groups excluding carboxylic acids is 3. The Bertz CT molecular complexity index is 995. The van der Waals surface area contributed by atoms with Crippen molar-refractivity contribution >= 4 is 46.9 Å². The zero-order chi connectivity index (χ0) is 21.1. The number of urea groups is 1. The normalized spacial score (nSPS) is 15.7. The van der Waals surface area contributed by atoms with Crippen molar-refractivity contribution < 1.29 is 14.4 Å². The summed E-state index contributed by atoms with van der Waals surface area (Å²) in [6.07, 6.45) is 1.52. The molecule has 1 aliphatic heterocycles. The van der Waals surface area contributed by atoms with Crippen LogP contribution in [0.2, 0.25) is 5.02 Å². The predicted molar refractivity (Wildman–Crippen MR) is 115 cm³/mol. The average Bonchev–Trinajstić information content (AvgIpc) is 2.69. The van der Waals surface area contributed by atoms with E-state index in [1.807, 2.05) is 25.1 Å². The first-order valence-electron chi connectivity index (χ1n) is 9.38. The molecule has 1 N–H and O–H groups in total. The lowest BCUT2D eigenvalue weighted by molar-refractivity contribution is -0.122. The Kier molecular flexibility index (Phi) is 6.03. The highest BCUT2D eigenvalue weighted by Crippen LogP contribution is 2.25. The van der Waals surface area contributed by atoms with Crippen LogP contribution in [0.4, 0.5) is 16.2 Å². The van der Waals surface area contributed by atoms with E-state index in [1.54, 1.807) is 24.3 Å². The van der Waals surface area contributed by atoms with Gasteiger partial charge in [0, 0.05) is 23.8 Å². The second kappa shape index (κ2) is 8.49. The van der Waals surface area contributed by atoms with Crippen LogP contribution < -0.4 is 15.1 Å². The molecule has 0 bridgehead atoms. The number of aryl methyl sites for hydroxylation is 1. The fraction of sp³-hybridized carbons (Fsp3) is 0.227. The number of hydrogen-bond acceptors (Lipinski definition) is 4. The molecule has 0 atom stereocenters. The molecule has 1 aliphatic rings. The molecule has 2 aromatic rings. The lowest BCUT2D eigenvalue weighted by atomic mass is 10.0. The van der Waals surface area contributed by atoms with E-state index >= 15 is 0 Å². The Balaban J connectivity index is 1.97. The molecule has 29 heavy (non-hydrogen) atoms. The van der Waals surface area contributed by atoms with Crippen molar-refractivity contribution in [3.63, 3.8) is 0 Å². The van der Waals surface area contributed by atoms with Gasteiger partial charge < -0.3 is 4.90 Å². The molecule has 1 heterocycles. The lowest BCUT2D eigenvalue weighted by Gasteiger charge is -2.26. The molecule has 0 saturated carbocycles. The standard InChI is InChI=1S/C22H22ClN3O3/c1-4-25(5-2)18-9-6-15(14(3)12-18)13-19-20(27)24-22(29)26(21(19)28)17-10-7-16(23)8-11-17/h6-13H,4-5H2,1-3H3,(H,24,27,29). The van der Waals surface area contributed by atoms with E-state index in [-0.39, 0.29) is 5.57 Å². The highest BCUT2D eigenvalue weighted by Gasteiger charge is 2.36. The summed E-state index contributed by atoms with van der Waals surface area (Å²) < 4.78 is 0. The smallest absolute Gasteiger partial charge is 0.335 e. The van der Waals surface area contributed by atoms with Crippen molar-refractivity contribution in [3.8, 4) is 0 Å². The van der Waals surface area contributed by atoms with Crippen molar-refractivity contribution in [2.75, 3.05) is 22.9 Å². The third-order valence-corrected chi connectivity index (χ3v) is 5.12. The topological polar surface area (TPSA) is 69.7 Å². The summed E-state index contributed by atoms with van der Waals surface area (Å²) in [5.74, 6) is -1.38. The maximum absolute atomic E-state index is 12.9. The first-order valence-corrected chi connectivity index (χ1v) is 9.76. The molecule has 4 amide bonds. The maximum Gasteiger partial charge on any atom is 0.335 e. The third kappa shape index (κ3) is 4.17. The van der Waals surface area contributed by atoms with Crippen LogP contribution in [-0.4, -0.2) is 30.9 Å². The van der Waals surface area contributed by atoms with Gasteiger partial charge in [0.1, 0.15) is 5.57 Å². The van der Waals surface area contributed by atoms with Gasteiger partial charge in [-0.1, -0.05) is 17.7 Å². The Morgan fingerprint density at radius 1 is 1.03 bits per heavy atom. The van der Waals surface area contributed by atoms with Crippen LogP contribution in [-0.2, 0) is 9.59 Å². The molecule has 6 nitrogen and oxygen atoms in total. The van der Waals surface area contributed by atoms with Gasteiger partial charge in [0.15, 0.2) is 0 Å². The van der Waals surface area contributed by atoms with Crippen LogP contribution in [0.25, 0.3) is 6.08 Å². The number of hydrogen-bond donors (Lipinski definition) is 1. The van der Waals surface area contributed by atoms with Gasteiger partial charge in [-0.25, -0.2) is 9.69 Å². The largest absolute Gasteiger partial charge is 0.372 e. The highest BCUT2D eigenvalue weighted by atomic mass is 35.5. The SMILES string of the molecule is CCN(CC)c1ccc(C=C2C(=O)NC(=O)N(c3ccc(Cl)cc3)C2=O)c(C)c1. The van der Waals surface area contributed by atoms with Gasteiger partial charge in [-0.15, -0.1) is 0 Å². The minimum Gasteiger partial charge on any atom is -0.372 e. The van der Waals surface area contributed by atoms with Crippen molar-refractivity contribution in [1.82, 2.24) is 5.32 Å². The molecule has 7 heteroatoms. The minimum absolute atomic E-state index is 0.0989. The van der Waals surface area contributed by atoms with Gasteiger partial charge in [-0.3, -0.25) is 14.9 Å². The van der Waals surface area contributed by atoms with Gasteiger partial charge in [-0.2, -0.15) is 0 Å². The number of rotatable bonds is 5. The molecule has 1 fully saturated rings. The van der Waals surface area contributed by atoms with E-state index in [4.69, 9.17) is 11.6 Å². The van der Waals surface area contributed by atoms with E-state index < -0.39 is 17.8 Å². The van der Waals surface area contributed by atoms with Crippen LogP contribution in [0.5, 0.6) is 0 Å². The van der Waals surface area contributed by atoms with Crippen molar-refractivity contribution in [3.05, 3.63) is 64.2 Å². The van der Waals surface area contributed by atoms with E-state index in [0.717, 1.165) is 34.8 Å². The summed E-state index contributed by atoms with van der Waals surface area (Å²) in [5, 5.41) is 2.71. The third-order valence-electron chi connectivity index (χ3n) is 4.87. The zero-order valence-electron chi connectivity index (χ0n) is 16.5. The summed E-state index contributed by atoms with van der Waals surface area (Å²) in [5.41, 5.74) is 2.98. The molecule has 0 unspecified atom stereocenters. The zero-order valence-corrected chi connectivity index (χ0v) is 17.3. The van der Waals surface area contributed by atoms with E-state index in [1.165, 1.54) is 6.08 Å². The highest BCUT2D eigenvalue weighted by molar-refractivity contribution is 6.39. The van der Waals surface area contributed by atoms with Gasteiger partial charge in [-0.05, 0) is 74.4 Å². The number of amides is 4. The van der Waals surface area contributed by atoms with E-state index in [2.05, 4.69) is 24.1 Å². The van der Waals surface area contributed by atoms with Crippen LogP contribution in [0.15, 0.2) is 48.0 Å². The monoisotopic (exact) mass is 411 g/mol. The Morgan fingerprint density at radius 3 is 2.28 bits per heavy atom. The van der Waals surface area contributed by atoms with Crippen LogP contribution in [0, 0.1) is 6.92 Å². The Hall–Kier alpha value is -3.12. The van der Waals surface area contributed by atoms with Gasteiger partial charge in [0.25, 0.3) is 11.8 Å². The summed E-state index contributed by atoms with van der Waals surface area (Å²) in [6, 6.07) is 11.3. The molecular formula is C22H22ClN3O3. The Morgan fingerprint density at radius 2 is 1.69 bits per heavy atom. The number of anilines is 2. The van der Waals surface area contributed by atoms with Crippen LogP contribution >= 0.6 is 11.6 Å². The van der Waals surface area contributed by atoms with Gasteiger partial charge in [0.2, 0.25) is 0 Å².